The van der Waals surface area contributed by atoms with Gasteiger partial charge in [0.15, 0.2) is 5.78 Å². The molecule has 1 N–H and O–H groups in total. The standard InChI is InChI=1S/C31H30N2O5/c1-4-28(35)33-26-8-6-5-7-24(26)32-25-17-22(19-13-15-23(37-2)16-14-19)18-27(34)29(25)30(33)20-9-11-21(12-10-20)31(36)38-3/h5-16,22,30,32H,4,17-18H2,1-3H3/t22-,30+/m0/s1. The number of nitrogens with one attached hydrogen (secondary N) is 1. The van der Waals surface area contributed by atoms with Gasteiger partial charge in [-0.2, -0.15) is 0 Å². The van der Waals surface area contributed by atoms with Crippen LogP contribution in [-0.2, 0) is 14.3 Å². The molecule has 7 heteroatoms. The molecular weight excluding hydrogens is 480 g/mol. The number of ketones is 1. The van der Waals surface area contributed by atoms with Crippen LogP contribution in [0.15, 0.2) is 84.1 Å². The van der Waals surface area contributed by atoms with Gasteiger partial charge in [0, 0.05) is 24.1 Å². The topological polar surface area (TPSA) is 84.9 Å². The zero-order valence-corrected chi connectivity index (χ0v) is 21.7. The first-order chi connectivity index (χ1) is 18.4. The molecule has 1 aliphatic heterocycles. The molecule has 5 rings (SSSR count). The normalized spacial score (nSPS) is 18.6. The Morgan fingerprint density at radius 3 is 2.26 bits per heavy atom. The van der Waals surface area contributed by atoms with E-state index in [4.69, 9.17) is 9.47 Å². The van der Waals surface area contributed by atoms with E-state index in [1.54, 1.807) is 36.3 Å². The number of methoxy groups -OCH3 is 2. The number of Topliss-reactive ketones (excluding diaryl/α,β-unsaturated/α-hetero) is 1. The van der Waals surface area contributed by atoms with Gasteiger partial charge in [0.2, 0.25) is 5.91 Å². The van der Waals surface area contributed by atoms with E-state index in [9.17, 15) is 14.4 Å². The van der Waals surface area contributed by atoms with Crippen LogP contribution < -0.4 is 15.0 Å². The van der Waals surface area contributed by atoms with Crippen molar-refractivity contribution in [3.05, 3.63) is 101 Å². The zero-order valence-electron chi connectivity index (χ0n) is 21.7. The van der Waals surface area contributed by atoms with E-state index in [1.165, 1.54) is 7.11 Å². The van der Waals surface area contributed by atoms with E-state index in [0.29, 0.717) is 29.7 Å². The Balaban J connectivity index is 1.66. The van der Waals surface area contributed by atoms with Crippen molar-refractivity contribution in [3.63, 3.8) is 0 Å². The molecule has 38 heavy (non-hydrogen) atoms. The van der Waals surface area contributed by atoms with Gasteiger partial charge in [-0.25, -0.2) is 4.79 Å². The number of carbonyl (C=O) groups is 3. The number of hydrogen-bond donors (Lipinski definition) is 1. The third-order valence-corrected chi connectivity index (χ3v) is 7.29. The molecule has 7 nitrogen and oxygen atoms in total. The molecule has 0 fully saturated rings. The molecule has 0 saturated carbocycles. The Labute approximate surface area is 222 Å². The van der Waals surface area contributed by atoms with Crippen molar-refractivity contribution in [1.82, 2.24) is 0 Å². The summed E-state index contributed by atoms with van der Waals surface area (Å²) in [7, 11) is 2.97. The molecule has 0 unspecified atom stereocenters. The van der Waals surface area contributed by atoms with E-state index in [-0.39, 0.29) is 24.0 Å². The molecule has 0 bridgehead atoms. The van der Waals surface area contributed by atoms with Gasteiger partial charge < -0.3 is 14.8 Å². The van der Waals surface area contributed by atoms with Gasteiger partial charge >= 0.3 is 5.97 Å². The number of anilines is 2. The average Bonchev–Trinajstić information content (AvgIpc) is 3.11. The minimum Gasteiger partial charge on any atom is -0.497 e. The van der Waals surface area contributed by atoms with E-state index >= 15 is 0 Å². The van der Waals surface area contributed by atoms with Crippen molar-refractivity contribution >= 4 is 29.0 Å². The molecule has 2 aliphatic rings. The predicted molar refractivity (Wildman–Crippen MR) is 145 cm³/mol. The van der Waals surface area contributed by atoms with Crippen LogP contribution in [0.5, 0.6) is 5.75 Å². The number of ether oxygens (including phenoxy) is 2. The first-order valence-corrected chi connectivity index (χ1v) is 12.7. The lowest BCUT2D eigenvalue weighted by atomic mass is 9.78. The van der Waals surface area contributed by atoms with E-state index in [0.717, 1.165) is 28.3 Å². The Kier molecular flexibility index (Phi) is 7.01. The molecule has 0 radical (unpaired) electrons. The molecule has 1 aliphatic carbocycles. The monoisotopic (exact) mass is 510 g/mol. The molecule has 2 atom stereocenters. The number of allylic oxidation sites excluding steroid dienone is 1. The summed E-state index contributed by atoms with van der Waals surface area (Å²) in [5.41, 5.74) is 5.09. The number of carbonyl (C=O) groups excluding carboxylic acids is 3. The molecule has 3 aromatic rings. The van der Waals surface area contributed by atoms with Crippen molar-refractivity contribution in [2.75, 3.05) is 24.4 Å². The molecule has 194 valence electrons. The number of esters is 1. The number of nitrogens with zero attached hydrogens (tertiary/aromatic N) is 1. The number of benzene rings is 3. The molecule has 1 amide bonds. The first-order valence-electron chi connectivity index (χ1n) is 12.7. The lowest BCUT2D eigenvalue weighted by molar-refractivity contribution is -0.119. The lowest BCUT2D eigenvalue weighted by Gasteiger charge is -2.35. The SMILES string of the molecule is CCC(=O)N1c2ccccc2NC2=C(C(=O)C[C@@H](c3ccc(OC)cc3)C2)[C@H]1c1ccc(C(=O)OC)cc1. The van der Waals surface area contributed by atoms with Gasteiger partial charge in [0.25, 0.3) is 0 Å². The minimum absolute atomic E-state index is 0.0108. The molecule has 0 aromatic heterocycles. The molecule has 3 aromatic carbocycles. The molecule has 0 spiro atoms. The zero-order chi connectivity index (χ0) is 26.8. The van der Waals surface area contributed by atoms with Crippen molar-refractivity contribution < 1.29 is 23.9 Å². The highest BCUT2D eigenvalue weighted by Gasteiger charge is 2.41. The van der Waals surface area contributed by atoms with Crippen molar-refractivity contribution in [3.8, 4) is 5.75 Å². The van der Waals surface area contributed by atoms with Crippen LogP contribution >= 0.6 is 0 Å². The van der Waals surface area contributed by atoms with Crippen molar-refractivity contribution in [2.24, 2.45) is 0 Å². The maximum atomic E-state index is 14.0. The summed E-state index contributed by atoms with van der Waals surface area (Å²) in [5.74, 6) is 0.203. The summed E-state index contributed by atoms with van der Waals surface area (Å²) >= 11 is 0. The molecule has 1 heterocycles. The van der Waals surface area contributed by atoms with Gasteiger partial charge in [-0.05, 0) is 59.9 Å². The van der Waals surface area contributed by atoms with Gasteiger partial charge in [-0.3, -0.25) is 14.5 Å². The summed E-state index contributed by atoms with van der Waals surface area (Å²) < 4.78 is 10.2. The number of amides is 1. The smallest absolute Gasteiger partial charge is 0.337 e. The van der Waals surface area contributed by atoms with Crippen LogP contribution in [0.3, 0.4) is 0 Å². The summed E-state index contributed by atoms with van der Waals surface area (Å²) in [5, 5.41) is 3.53. The van der Waals surface area contributed by atoms with Crippen LogP contribution in [0.2, 0.25) is 0 Å². The number of rotatable bonds is 5. The molecular formula is C31H30N2O5. The fourth-order valence-corrected chi connectivity index (χ4v) is 5.38. The Bertz CT molecular complexity index is 1410. The van der Waals surface area contributed by atoms with Gasteiger partial charge in [-0.1, -0.05) is 43.3 Å². The highest BCUT2D eigenvalue weighted by molar-refractivity contribution is 6.06. The van der Waals surface area contributed by atoms with Gasteiger partial charge in [0.1, 0.15) is 5.75 Å². The van der Waals surface area contributed by atoms with Gasteiger partial charge in [0.05, 0.1) is 37.2 Å². The lowest BCUT2D eigenvalue weighted by Crippen LogP contribution is -2.38. The fraction of sp³-hybridized carbons (Fsp3) is 0.258. The quantitative estimate of drug-likeness (QED) is 0.437. The number of hydrogen-bond acceptors (Lipinski definition) is 6. The first kappa shape index (κ1) is 25.3. The average molecular weight is 511 g/mol. The maximum Gasteiger partial charge on any atom is 0.337 e. The Morgan fingerprint density at radius 1 is 0.921 bits per heavy atom. The Morgan fingerprint density at radius 2 is 1.61 bits per heavy atom. The third kappa shape index (κ3) is 4.56. The second-order valence-corrected chi connectivity index (χ2v) is 9.47. The number of para-hydroxylation sites is 2. The highest BCUT2D eigenvalue weighted by Crippen LogP contribution is 2.47. The van der Waals surface area contributed by atoms with Crippen LogP contribution in [0, 0.1) is 0 Å². The maximum absolute atomic E-state index is 14.0. The Hall–Kier alpha value is -4.39. The minimum atomic E-state index is -0.635. The number of fused-ring (bicyclic) bond motifs is 1. The van der Waals surface area contributed by atoms with E-state index in [2.05, 4.69) is 5.32 Å². The fourth-order valence-electron chi connectivity index (χ4n) is 5.38. The second-order valence-electron chi connectivity index (χ2n) is 9.47. The van der Waals surface area contributed by atoms with Crippen molar-refractivity contribution in [1.29, 1.82) is 0 Å². The van der Waals surface area contributed by atoms with Crippen LogP contribution in [-0.4, -0.2) is 31.9 Å². The summed E-state index contributed by atoms with van der Waals surface area (Å²) in [4.78, 5) is 41.2. The van der Waals surface area contributed by atoms with Crippen molar-refractivity contribution in [2.45, 2.75) is 38.1 Å². The van der Waals surface area contributed by atoms with Crippen LogP contribution in [0.25, 0.3) is 0 Å². The molecule has 0 saturated heterocycles. The van der Waals surface area contributed by atoms with E-state index in [1.807, 2.05) is 55.5 Å². The summed E-state index contributed by atoms with van der Waals surface area (Å²) in [6.45, 7) is 1.82. The summed E-state index contributed by atoms with van der Waals surface area (Å²) in [6.07, 6.45) is 1.22. The van der Waals surface area contributed by atoms with Crippen LogP contribution in [0.1, 0.15) is 59.6 Å². The predicted octanol–water partition coefficient (Wildman–Crippen LogP) is 5.79. The third-order valence-electron chi connectivity index (χ3n) is 7.29. The summed E-state index contributed by atoms with van der Waals surface area (Å²) in [6, 6.07) is 21.8. The largest absolute Gasteiger partial charge is 0.497 e. The second kappa shape index (κ2) is 10.5. The highest BCUT2D eigenvalue weighted by atomic mass is 16.5. The van der Waals surface area contributed by atoms with Gasteiger partial charge in [-0.15, -0.1) is 0 Å². The van der Waals surface area contributed by atoms with Crippen LogP contribution in [0.4, 0.5) is 11.4 Å². The van der Waals surface area contributed by atoms with E-state index < -0.39 is 12.0 Å².